The van der Waals surface area contributed by atoms with E-state index in [2.05, 4.69) is 10.2 Å². The van der Waals surface area contributed by atoms with Crippen molar-refractivity contribution in [3.05, 3.63) is 59.1 Å². The second-order valence-corrected chi connectivity index (χ2v) is 7.47. The summed E-state index contributed by atoms with van der Waals surface area (Å²) >= 11 is 7.26. The van der Waals surface area contributed by atoms with E-state index in [0.717, 1.165) is 17.1 Å². The Kier molecular flexibility index (Phi) is 5.64. The molecule has 0 radical (unpaired) electrons. The third-order valence-corrected chi connectivity index (χ3v) is 5.35. The van der Waals surface area contributed by atoms with Gasteiger partial charge in [-0.1, -0.05) is 23.4 Å². The Labute approximate surface area is 161 Å². The molecule has 0 aliphatic heterocycles. The number of methoxy groups -OCH3 is 1. The van der Waals surface area contributed by atoms with Gasteiger partial charge in [0.15, 0.2) is 16.8 Å². The molecular formula is C19H18ClN3O2S. The van der Waals surface area contributed by atoms with E-state index in [4.69, 9.17) is 16.3 Å². The first-order chi connectivity index (χ1) is 12.5. The van der Waals surface area contributed by atoms with E-state index in [0.29, 0.717) is 15.7 Å². The summed E-state index contributed by atoms with van der Waals surface area (Å²) in [6.45, 7) is 1.86. The minimum absolute atomic E-state index is 0.0284. The molecule has 134 valence electrons. The minimum Gasteiger partial charge on any atom is -0.497 e. The zero-order valence-electron chi connectivity index (χ0n) is 14.6. The van der Waals surface area contributed by atoms with Gasteiger partial charge in [-0.15, -0.1) is 10.2 Å². The maximum absolute atomic E-state index is 12.6. The molecule has 2 aromatic carbocycles. The highest BCUT2D eigenvalue weighted by atomic mass is 35.5. The molecule has 3 rings (SSSR count). The van der Waals surface area contributed by atoms with Crippen LogP contribution in [0.15, 0.2) is 53.7 Å². The predicted octanol–water partition coefficient (Wildman–Crippen LogP) is 4.51. The first-order valence-corrected chi connectivity index (χ1v) is 9.25. The number of benzene rings is 2. The van der Waals surface area contributed by atoms with E-state index in [1.54, 1.807) is 31.4 Å². The van der Waals surface area contributed by atoms with Gasteiger partial charge in [0.05, 0.1) is 12.4 Å². The van der Waals surface area contributed by atoms with Crippen LogP contribution in [-0.2, 0) is 7.05 Å². The number of ketones is 1. The Bertz CT molecular complexity index is 908. The number of thioether (sulfide) groups is 1. The van der Waals surface area contributed by atoms with Crippen LogP contribution in [0.2, 0.25) is 5.02 Å². The van der Waals surface area contributed by atoms with E-state index in [9.17, 15) is 4.79 Å². The standard InChI is InChI=1S/C19H18ClN3O2S/c1-12(17(24)13-4-8-15(20)9-5-13)26-19-22-21-18(23(19)2)14-6-10-16(25-3)11-7-14/h4-12H,1-3H3/t12-/m1/s1. The van der Waals surface area contributed by atoms with Crippen molar-refractivity contribution in [2.24, 2.45) is 7.05 Å². The Morgan fingerprint density at radius 3 is 2.38 bits per heavy atom. The van der Waals surface area contributed by atoms with Gasteiger partial charge in [0, 0.05) is 23.2 Å². The maximum atomic E-state index is 12.6. The molecule has 0 N–H and O–H groups in total. The lowest BCUT2D eigenvalue weighted by molar-refractivity contribution is 0.0994. The van der Waals surface area contributed by atoms with E-state index >= 15 is 0 Å². The molecule has 3 aromatic rings. The lowest BCUT2D eigenvalue weighted by Gasteiger charge is -2.10. The molecular weight excluding hydrogens is 370 g/mol. The van der Waals surface area contributed by atoms with Crippen LogP contribution in [0.1, 0.15) is 17.3 Å². The van der Waals surface area contributed by atoms with Crippen LogP contribution >= 0.6 is 23.4 Å². The molecule has 0 spiro atoms. The Hall–Kier alpha value is -2.31. The molecule has 1 heterocycles. The number of hydrogen-bond acceptors (Lipinski definition) is 5. The van der Waals surface area contributed by atoms with Crippen LogP contribution < -0.4 is 4.74 Å². The van der Waals surface area contributed by atoms with Gasteiger partial charge in [-0.25, -0.2) is 0 Å². The van der Waals surface area contributed by atoms with Crippen molar-refractivity contribution in [1.29, 1.82) is 0 Å². The average Bonchev–Trinajstić information content (AvgIpc) is 3.02. The second-order valence-electron chi connectivity index (χ2n) is 5.72. The Morgan fingerprint density at radius 1 is 1.12 bits per heavy atom. The third kappa shape index (κ3) is 3.92. The Morgan fingerprint density at radius 2 is 1.77 bits per heavy atom. The van der Waals surface area contributed by atoms with E-state index < -0.39 is 0 Å². The summed E-state index contributed by atoms with van der Waals surface area (Å²) in [7, 11) is 3.52. The van der Waals surface area contributed by atoms with Crippen LogP contribution in [-0.4, -0.2) is 32.9 Å². The fourth-order valence-electron chi connectivity index (χ4n) is 2.47. The highest BCUT2D eigenvalue weighted by Gasteiger charge is 2.20. The maximum Gasteiger partial charge on any atom is 0.191 e. The number of nitrogens with zero attached hydrogens (tertiary/aromatic N) is 3. The number of aromatic nitrogens is 3. The molecule has 0 unspecified atom stereocenters. The van der Waals surface area contributed by atoms with Crippen molar-refractivity contribution in [1.82, 2.24) is 14.8 Å². The molecule has 0 aliphatic rings. The van der Waals surface area contributed by atoms with Crippen LogP contribution in [0.4, 0.5) is 0 Å². The largest absolute Gasteiger partial charge is 0.497 e. The average molecular weight is 388 g/mol. The topological polar surface area (TPSA) is 57.0 Å². The molecule has 26 heavy (non-hydrogen) atoms. The minimum atomic E-state index is -0.289. The smallest absolute Gasteiger partial charge is 0.191 e. The predicted molar refractivity (Wildman–Crippen MR) is 104 cm³/mol. The van der Waals surface area contributed by atoms with Gasteiger partial charge in [0.1, 0.15) is 5.75 Å². The van der Waals surface area contributed by atoms with Crippen molar-refractivity contribution in [3.8, 4) is 17.1 Å². The van der Waals surface area contributed by atoms with Gasteiger partial charge in [-0.3, -0.25) is 4.79 Å². The number of carbonyl (C=O) groups is 1. The fourth-order valence-corrected chi connectivity index (χ4v) is 3.49. The van der Waals surface area contributed by atoms with Gasteiger partial charge in [-0.2, -0.15) is 0 Å². The summed E-state index contributed by atoms with van der Waals surface area (Å²) in [6, 6.07) is 14.5. The van der Waals surface area contributed by atoms with Gasteiger partial charge >= 0.3 is 0 Å². The summed E-state index contributed by atoms with van der Waals surface area (Å²) < 4.78 is 7.06. The molecule has 0 saturated heterocycles. The van der Waals surface area contributed by atoms with Crippen LogP contribution in [0.5, 0.6) is 5.75 Å². The van der Waals surface area contributed by atoms with Crippen molar-refractivity contribution in [2.45, 2.75) is 17.3 Å². The molecule has 1 aromatic heterocycles. The first kappa shape index (κ1) is 18.5. The highest BCUT2D eigenvalue weighted by molar-refractivity contribution is 8.00. The van der Waals surface area contributed by atoms with Crippen molar-refractivity contribution < 1.29 is 9.53 Å². The first-order valence-electron chi connectivity index (χ1n) is 8.00. The fraction of sp³-hybridized carbons (Fsp3) is 0.211. The number of rotatable bonds is 6. The van der Waals surface area contributed by atoms with Crippen LogP contribution in [0, 0.1) is 0 Å². The molecule has 0 saturated carbocycles. The van der Waals surface area contributed by atoms with Crippen LogP contribution in [0.3, 0.4) is 0 Å². The van der Waals surface area contributed by atoms with Gasteiger partial charge in [0.25, 0.3) is 0 Å². The van der Waals surface area contributed by atoms with Gasteiger partial charge < -0.3 is 9.30 Å². The molecule has 0 fully saturated rings. The van der Waals surface area contributed by atoms with Crippen LogP contribution in [0.25, 0.3) is 11.4 Å². The number of carbonyl (C=O) groups excluding carboxylic acids is 1. The number of Topliss-reactive ketones (excluding diaryl/α,β-unsaturated/α-hetero) is 1. The summed E-state index contributed by atoms with van der Waals surface area (Å²) in [4.78, 5) is 12.6. The number of halogens is 1. The Balaban J connectivity index is 1.76. The van der Waals surface area contributed by atoms with Crippen molar-refractivity contribution in [2.75, 3.05) is 7.11 Å². The monoisotopic (exact) mass is 387 g/mol. The number of hydrogen-bond donors (Lipinski definition) is 0. The lowest BCUT2D eigenvalue weighted by atomic mass is 10.1. The van der Waals surface area contributed by atoms with E-state index in [1.807, 2.05) is 42.8 Å². The number of ether oxygens (including phenoxy) is 1. The van der Waals surface area contributed by atoms with E-state index in [-0.39, 0.29) is 11.0 Å². The zero-order valence-corrected chi connectivity index (χ0v) is 16.2. The normalized spacial score (nSPS) is 12.0. The molecule has 1 atom stereocenters. The van der Waals surface area contributed by atoms with Gasteiger partial charge in [-0.05, 0) is 55.5 Å². The summed E-state index contributed by atoms with van der Waals surface area (Å²) in [5.74, 6) is 1.55. The molecule has 0 bridgehead atoms. The molecule has 5 nitrogen and oxygen atoms in total. The second kappa shape index (κ2) is 7.93. The quantitative estimate of drug-likeness (QED) is 0.460. The summed E-state index contributed by atoms with van der Waals surface area (Å²) in [5, 5.41) is 9.50. The third-order valence-electron chi connectivity index (χ3n) is 3.96. The van der Waals surface area contributed by atoms with Gasteiger partial charge in [0.2, 0.25) is 0 Å². The molecule has 0 amide bonds. The zero-order chi connectivity index (χ0) is 18.7. The highest BCUT2D eigenvalue weighted by Crippen LogP contribution is 2.28. The molecule has 7 heteroatoms. The van der Waals surface area contributed by atoms with Crippen molar-refractivity contribution in [3.63, 3.8) is 0 Å². The van der Waals surface area contributed by atoms with E-state index in [1.165, 1.54) is 11.8 Å². The molecule has 0 aliphatic carbocycles. The SMILES string of the molecule is COc1ccc(-c2nnc(S[C@H](C)C(=O)c3ccc(Cl)cc3)n2C)cc1. The lowest BCUT2D eigenvalue weighted by Crippen LogP contribution is -2.14. The van der Waals surface area contributed by atoms with Crippen molar-refractivity contribution >= 4 is 29.1 Å². The summed E-state index contributed by atoms with van der Waals surface area (Å²) in [6.07, 6.45) is 0. The summed E-state index contributed by atoms with van der Waals surface area (Å²) in [5.41, 5.74) is 1.57.